The summed E-state index contributed by atoms with van der Waals surface area (Å²) in [5.74, 6) is -0.267. The number of ether oxygens (including phenoxy) is 3. The van der Waals surface area contributed by atoms with E-state index in [4.69, 9.17) is 14.2 Å². The van der Waals surface area contributed by atoms with Gasteiger partial charge in [0, 0.05) is 13.0 Å². The van der Waals surface area contributed by atoms with E-state index in [9.17, 15) is 4.79 Å². The minimum atomic E-state index is -0.547. The molecular formula is C9H18O4. The van der Waals surface area contributed by atoms with E-state index in [0.717, 1.165) is 0 Å². The van der Waals surface area contributed by atoms with Crippen molar-refractivity contribution in [2.24, 2.45) is 0 Å². The van der Waals surface area contributed by atoms with Gasteiger partial charge in [-0.05, 0) is 20.8 Å². The molecule has 4 nitrogen and oxygen atoms in total. The van der Waals surface area contributed by atoms with Crippen molar-refractivity contribution >= 4 is 5.97 Å². The lowest BCUT2D eigenvalue weighted by Gasteiger charge is -2.18. The van der Waals surface area contributed by atoms with Gasteiger partial charge in [-0.25, -0.2) is 0 Å². The Bertz CT molecular complexity index is 147. The van der Waals surface area contributed by atoms with Crippen molar-refractivity contribution in [1.29, 1.82) is 0 Å². The molecule has 0 radical (unpaired) electrons. The maximum atomic E-state index is 10.8. The van der Waals surface area contributed by atoms with Crippen LogP contribution in [-0.2, 0) is 19.0 Å². The molecular weight excluding hydrogens is 172 g/mol. The Kier molecular flexibility index (Phi) is 6.54. The van der Waals surface area contributed by atoms with Crippen molar-refractivity contribution in [3.05, 3.63) is 0 Å². The highest BCUT2D eigenvalue weighted by atomic mass is 16.8. The van der Waals surface area contributed by atoms with E-state index in [1.165, 1.54) is 0 Å². The molecule has 0 saturated carbocycles. The second-order valence-electron chi connectivity index (χ2n) is 2.57. The fourth-order valence-corrected chi connectivity index (χ4v) is 0.840. The largest absolute Gasteiger partial charge is 0.436 e. The van der Waals surface area contributed by atoms with Crippen LogP contribution in [-0.4, -0.2) is 25.2 Å². The second-order valence-corrected chi connectivity index (χ2v) is 2.57. The van der Waals surface area contributed by atoms with Gasteiger partial charge in [0.15, 0.2) is 6.29 Å². The lowest BCUT2D eigenvalue weighted by molar-refractivity contribution is -0.227. The molecule has 0 bridgehead atoms. The van der Waals surface area contributed by atoms with E-state index in [-0.39, 0.29) is 12.3 Å². The molecule has 2 unspecified atom stereocenters. The van der Waals surface area contributed by atoms with Crippen LogP contribution in [0.4, 0.5) is 0 Å². The van der Waals surface area contributed by atoms with Gasteiger partial charge in [0.2, 0.25) is 6.29 Å². The zero-order valence-corrected chi connectivity index (χ0v) is 8.70. The van der Waals surface area contributed by atoms with Crippen LogP contribution >= 0.6 is 0 Å². The first kappa shape index (κ1) is 12.4. The molecule has 13 heavy (non-hydrogen) atoms. The third kappa shape index (κ3) is 6.54. The molecule has 2 atom stereocenters. The highest BCUT2D eigenvalue weighted by Crippen LogP contribution is 2.02. The summed E-state index contributed by atoms with van der Waals surface area (Å²) >= 11 is 0. The van der Waals surface area contributed by atoms with Gasteiger partial charge in [0.25, 0.3) is 0 Å². The summed E-state index contributed by atoms with van der Waals surface area (Å²) in [6, 6.07) is 0. The quantitative estimate of drug-likeness (QED) is 0.472. The summed E-state index contributed by atoms with van der Waals surface area (Å²) in [4.78, 5) is 10.8. The molecule has 0 heterocycles. The molecule has 0 spiro atoms. The van der Waals surface area contributed by atoms with Crippen molar-refractivity contribution < 1.29 is 19.0 Å². The number of rotatable bonds is 6. The maximum absolute atomic E-state index is 10.8. The summed E-state index contributed by atoms with van der Waals surface area (Å²) in [5.41, 5.74) is 0. The molecule has 0 saturated heterocycles. The summed E-state index contributed by atoms with van der Waals surface area (Å²) in [6.45, 7) is 7.63. The average Bonchev–Trinajstić information content (AvgIpc) is 2.04. The number of carbonyl (C=O) groups excluding carboxylic acids is 1. The molecule has 0 aliphatic carbocycles. The summed E-state index contributed by atoms with van der Waals surface area (Å²) in [7, 11) is 0. The van der Waals surface area contributed by atoms with Gasteiger partial charge in [0.05, 0.1) is 0 Å². The molecule has 0 aliphatic rings. The lowest BCUT2D eigenvalue weighted by atomic mass is 10.5. The first-order valence-electron chi connectivity index (χ1n) is 4.56. The van der Waals surface area contributed by atoms with Crippen LogP contribution in [0.5, 0.6) is 0 Å². The summed E-state index contributed by atoms with van der Waals surface area (Å²) in [5, 5.41) is 0. The molecule has 0 N–H and O–H groups in total. The molecule has 0 aromatic heterocycles. The topological polar surface area (TPSA) is 44.8 Å². The SMILES string of the molecule is CCOC(C)OC(C)OC(=O)CC. The standard InChI is InChI=1S/C9H18O4/c1-5-9(10)13-8(4)12-7(3)11-6-2/h7-8H,5-6H2,1-4H3. The number of carbonyl (C=O) groups is 1. The maximum Gasteiger partial charge on any atom is 0.307 e. The Labute approximate surface area is 79.2 Å². The van der Waals surface area contributed by atoms with Gasteiger partial charge in [-0.2, -0.15) is 0 Å². The Hall–Kier alpha value is -0.610. The molecule has 0 amide bonds. The molecule has 0 aliphatic heterocycles. The van der Waals surface area contributed by atoms with E-state index >= 15 is 0 Å². The minimum absolute atomic E-state index is 0.267. The number of hydrogen-bond donors (Lipinski definition) is 0. The van der Waals surface area contributed by atoms with E-state index in [2.05, 4.69) is 0 Å². The predicted octanol–water partition coefficient (Wildman–Crippen LogP) is 1.68. The molecule has 0 fully saturated rings. The van der Waals surface area contributed by atoms with Gasteiger partial charge >= 0.3 is 5.97 Å². The van der Waals surface area contributed by atoms with E-state index in [1.54, 1.807) is 20.8 Å². The molecule has 0 aromatic carbocycles. The van der Waals surface area contributed by atoms with Gasteiger partial charge in [-0.1, -0.05) is 6.92 Å². The second kappa shape index (κ2) is 6.86. The third-order valence-electron chi connectivity index (χ3n) is 1.37. The minimum Gasteiger partial charge on any atom is -0.436 e. The Balaban J connectivity index is 3.60. The van der Waals surface area contributed by atoms with E-state index in [1.807, 2.05) is 6.92 Å². The van der Waals surface area contributed by atoms with Crippen LogP contribution in [0.25, 0.3) is 0 Å². The number of hydrogen-bond acceptors (Lipinski definition) is 4. The third-order valence-corrected chi connectivity index (χ3v) is 1.37. The van der Waals surface area contributed by atoms with Crippen LogP contribution in [0, 0.1) is 0 Å². The van der Waals surface area contributed by atoms with Crippen LogP contribution in [0.3, 0.4) is 0 Å². The van der Waals surface area contributed by atoms with Gasteiger partial charge in [-0.15, -0.1) is 0 Å². The van der Waals surface area contributed by atoms with Crippen molar-refractivity contribution in [2.75, 3.05) is 6.61 Å². The molecule has 4 heteroatoms. The van der Waals surface area contributed by atoms with E-state index < -0.39 is 6.29 Å². The monoisotopic (exact) mass is 190 g/mol. The van der Waals surface area contributed by atoms with Crippen molar-refractivity contribution in [2.45, 2.75) is 46.7 Å². The van der Waals surface area contributed by atoms with Crippen LogP contribution < -0.4 is 0 Å². The predicted molar refractivity (Wildman–Crippen MR) is 48.0 cm³/mol. The zero-order chi connectivity index (χ0) is 10.3. The fraction of sp³-hybridized carbons (Fsp3) is 0.889. The van der Waals surface area contributed by atoms with Crippen LogP contribution in [0.15, 0.2) is 0 Å². The average molecular weight is 190 g/mol. The van der Waals surface area contributed by atoms with Gasteiger partial charge in [0.1, 0.15) is 0 Å². The summed E-state index contributed by atoms with van der Waals surface area (Å²) in [6.07, 6.45) is -0.532. The van der Waals surface area contributed by atoms with Gasteiger partial charge in [-0.3, -0.25) is 4.79 Å². The Morgan fingerprint density at radius 3 is 2.31 bits per heavy atom. The molecule has 0 aromatic rings. The number of esters is 1. The first-order chi connectivity index (χ1) is 6.10. The van der Waals surface area contributed by atoms with Crippen molar-refractivity contribution in [1.82, 2.24) is 0 Å². The zero-order valence-electron chi connectivity index (χ0n) is 8.70. The Morgan fingerprint density at radius 1 is 1.23 bits per heavy atom. The molecule has 0 rings (SSSR count). The van der Waals surface area contributed by atoms with Crippen molar-refractivity contribution in [3.8, 4) is 0 Å². The highest BCUT2D eigenvalue weighted by molar-refractivity contribution is 5.68. The summed E-state index contributed by atoms with van der Waals surface area (Å²) < 4.78 is 15.2. The fourth-order valence-electron chi connectivity index (χ4n) is 0.840. The normalized spacial score (nSPS) is 15.1. The van der Waals surface area contributed by atoms with Crippen LogP contribution in [0.2, 0.25) is 0 Å². The lowest BCUT2D eigenvalue weighted by Crippen LogP contribution is -2.24. The first-order valence-corrected chi connectivity index (χ1v) is 4.56. The van der Waals surface area contributed by atoms with Gasteiger partial charge < -0.3 is 14.2 Å². The molecule has 78 valence electrons. The Morgan fingerprint density at radius 2 is 1.85 bits per heavy atom. The highest BCUT2D eigenvalue weighted by Gasteiger charge is 2.11. The smallest absolute Gasteiger partial charge is 0.307 e. The van der Waals surface area contributed by atoms with E-state index in [0.29, 0.717) is 13.0 Å². The van der Waals surface area contributed by atoms with Crippen LogP contribution in [0.1, 0.15) is 34.1 Å². The van der Waals surface area contributed by atoms with Crippen molar-refractivity contribution in [3.63, 3.8) is 0 Å².